The number of nitrogens with zero attached hydrogens (tertiary/aromatic N) is 2. The molecule has 0 aliphatic carbocycles. The molecule has 7 heteroatoms. The molecule has 2 rings (SSSR count). The Hall–Kier alpha value is -1.44. The van der Waals surface area contributed by atoms with E-state index < -0.39 is 24.1 Å². The molecule has 1 aliphatic heterocycles. The predicted molar refractivity (Wildman–Crippen MR) is 59.1 cm³/mol. The molecule has 0 saturated carbocycles. The van der Waals surface area contributed by atoms with Crippen molar-refractivity contribution in [3.05, 3.63) is 22.7 Å². The summed E-state index contributed by atoms with van der Waals surface area (Å²) in [7, 11) is 0. The molecule has 1 aliphatic rings. The van der Waals surface area contributed by atoms with E-state index in [1.807, 2.05) is 0 Å². The Morgan fingerprint density at radius 2 is 2.35 bits per heavy atom. The minimum Gasteiger partial charge on any atom is -0.394 e. The average molecular weight is 241 g/mol. The highest BCUT2D eigenvalue weighted by molar-refractivity contribution is 5.23. The van der Waals surface area contributed by atoms with E-state index in [2.05, 4.69) is 4.98 Å². The maximum atomic E-state index is 11.6. The lowest BCUT2D eigenvalue weighted by Gasteiger charge is -2.17. The van der Waals surface area contributed by atoms with Gasteiger partial charge in [-0.15, -0.1) is 0 Å². The fourth-order valence-corrected chi connectivity index (χ4v) is 1.98. The van der Waals surface area contributed by atoms with Crippen LogP contribution >= 0.6 is 0 Å². The van der Waals surface area contributed by atoms with Crippen LogP contribution < -0.4 is 11.4 Å². The van der Waals surface area contributed by atoms with E-state index in [0.29, 0.717) is 0 Å². The minimum absolute atomic E-state index is 0.135. The lowest BCUT2D eigenvalue weighted by atomic mass is 10.0. The summed E-state index contributed by atoms with van der Waals surface area (Å²) in [5, 5.41) is 18.8. The molecule has 7 nitrogen and oxygen atoms in total. The van der Waals surface area contributed by atoms with Crippen molar-refractivity contribution in [2.45, 2.75) is 25.4 Å². The van der Waals surface area contributed by atoms with Crippen LogP contribution in [0.3, 0.4) is 0 Å². The number of hydrogen-bond acceptors (Lipinski definition) is 6. The molecule has 0 unspecified atom stereocenters. The van der Waals surface area contributed by atoms with E-state index in [1.165, 1.54) is 16.8 Å². The zero-order chi connectivity index (χ0) is 12.6. The van der Waals surface area contributed by atoms with Crippen molar-refractivity contribution in [2.24, 2.45) is 5.92 Å². The van der Waals surface area contributed by atoms with Crippen molar-refractivity contribution in [2.75, 3.05) is 12.3 Å². The Morgan fingerprint density at radius 1 is 1.65 bits per heavy atom. The smallest absolute Gasteiger partial charge is 0.351 e. The third-order valence-electron chi connectivity index (χ3n) is 2.99. The fourth-order valence-electron chi connectivity index (χ4n) is 1.98. The Kier molecular flexibility index (Phi) is 3.14. The highest BCUT2D eigenvalue weighted by atomic mass is 16.5. The summed E-state index contributed by atoms with van der Waals surface area (Å²) in [5.74, 6) is -0.175. The van der Waals surface area contributed by atoms with Crippen LogP contribution in [0.2, 0.25) is 0 Å². The minimum atomic E-state index is -0.811. The third kappa shape index (κ3) is 2.04. The fraction of sp³-hybridized carbons (Fsp3) is 0.600. The molecule has 0 spiro atoms. The summed E-state index contributed by atoms with van der Waals surface area (Å²) in [6, 6.07) is 1.48. The summed E-state index contributed by atoms with van der Waals surface area (Å²) in [6.45, 7) is 1.45. The van der Waals surface area contributed by atoms with E-state index in [0.717, 1.165) is 0 Å². The lowest BCUT2D eigenvalue weighted by molar-refractivity contribution is -0.0476. The molecule has 1 fully saturated rings. The SMILES string of the molecule is C[C@H]1[C@@H](O)[C@@H](CO)O[C@H]1n1ccc(N)nc1=O. The van der Waals surface area contributed by atoms with Gasteiger partial charge in [-0.3, -0.25) is 4.57 Å². The first-order valence-electron chi connectivity index (χ1n) is 5.33. The molecular weight excluding hydrogens is 226 g/mol. The number of rotatable bonds is 2. The summed E-state index contributed by atoms with van der Waals surface area (Å²) >= 11 is 0. The monoisotopic (exact) mass is 241 g/mol. The van der Waals surface area contributed by atoms with Crippen LogP contribution in [0.15, 0.2) is 17.1 Å². The third-order valence-corrected chi connectivity index (χ3v) is 2.99. The maximum Gasteiger partial charge on any atom is 0.351 e. The zero-order valence-corrected chi connectivity index (χ0v) is 9.35. The molecule has 0 amide bonds. The summed E-state index contributed by atoms with van der Waals surface area (Å²) in [6.07, 6.45) is -0.658. The molecule has 1 aromatic rings. The van der Waals surface area contributed by atoms with Gasteiger partial charge in [-0.1, -0.05) is 6.92 Å². The first kappa shape index (κ1) is 12.0. The average Bonchev–Trinajstić information content (AvgIpc) is 2.57. The Labute approximate surface area is 97.5 Å². The molecule has 0 bridgehead atoms. The highest BCUT2D eigenvalue weighted by Crippen LogP contribution is 2.33. The highest BCUT2D eigenvalue weighted by Gasteiger charge is 2.41. The topological polar surface area (TPSA) is 111 Å². The van der Waals surface area contributed by atoms with Crippen LogP contribution in [0.25, 0.3) is 0 Å². The van der Waals surface area contributed by atoms with E-state index >= 15 is 0 Å². The number of aromatic nitrogens is 2. The number of aliphatic hydroxyl groups is 2. The molecule has 4 atom stereocenters. The van der Waals surface area contributed by atoms with Gasteiger partial charge in [0.15, 0.2) is 0 Å². The van der Waals surface area contributed by atoms with Crippen LogP contribution in [0.1, 0.15) is 13.2 Å². The summed E-state index contributed by atoms with van der Waals surface area (Å²) in [5.41, 5.74) is 4.85. The second-order valence-corrected chi connectivity index (χ2v) is 4.14. The standard InChI is InChI=1S/C10H15N3O4/c1-5-8(15)6(4-14)17-9(5)13-3-2-7(11)12-10(13)16/h2-3,5-6,8-9,14-15H,4H2,1H3,(H2,11,12,16)/t5-,6+,8+,9+/m0/s1. The van der Waals surface area contributed by atoms with Gasteiger partial charge in [0.05, 0.1) is 12.7 Å². The van der Waals surface area contributed by atoms with Gasteiger partial charge in [0.25, 0.3) is 0 Å². The van der Waals surface area contributed by atoms with E-state index in [1.54, 1.807) is 6.92 Å². The Morgan fingerprint density at radius 3 is 2.88 bits per heavy atom. The van der Waals surface area contributed by atoms with E-state index in [4.69, 9.17) is 15.6 Å². The number of hydrogen-bond donors (Lipinski definition) is 3. The van der Waals surface area contributed by atoms with Crippen molar-refractivity contribution >= 4 is 5.82 Å². The van der Waals surface area contributed by atoms with Crippen LogP contribution in [-0.4, -0.2) is 38.6 Å². The summed E-state index contributed by atoms with van der Waals surface area (Å²) < 4.78 is 6.69. The van der Waals surface area contributed by atoms with E-state index in [9.17, 15) is 9.90 Å². The van der Waals surface area contributed by atoms with Crippen molar-refractivity contribution in [3.63, 3.8) is 0 Å². The largest absolute Gasteiger partial charge is 0.394 e. The molecule has 0 aromatic carbocycles. The van der Waals surface area contributed by atoms with Crippen LogP contribution in [0.4, 0.5) is 5.82 Å². The normalized spacial score (nSPS) is 32.9. The second-order valence-electron chi connectivity index (χ2n) is 4.14. The second kappa shape index (κ2) is 4.44. The van der Waals surface area contributed by atoms with Gasteiger partial charge in [0.2, 0.25) is 0 Å². The van der Waals surface area contributed by atoms with Gasteiger partial charge >= 0.3 is 5.69 Å². The number of ether oxygens (including phenoxy) is 1. The molecule has 2 heterocycles. The van der Waals surface area contributed by atoms with Gasteiger partial charge in [0, 0.05) is 12.1 Å². The molecular formula is C10H15N3O4. The van der Waals surface area contributed by atoms with Crippen LogP contribution in [-0.2, 0) is 4.74 Å². The maximum absolute atomic E-state index is 11.6. The van der Waals surface area contributed by atoms with Gasteiger partial charge in [-0.05, 0) is 6.07 Å². The molecule has 4 N–H and O–H groups in total. The van der Waals surface area contributed by atoms with Crippen LogP contribution in [0, 0.1) is 5.92 Å². The van der Waals surface area contributed by atoms with E-state index in [-0.39, 0.29) is 18.3 Å². The number of anilines is 1. The van der Waals surface area contributed by atoms with Gasteiger partial charge in [0.1, 0.15) is 18.1 Å². The number of nitrogens with two attached hydrogens (primary N) is 1. The first-order valence-corrected chi connectivity index (χ1v) is 5.33. The summed E-state index contributed by atoms with van der Waals surface area (Å²) in [4.78, 5) is 15.2. The zero-order valence-electron chi connectivity index (χ0n) is 9.35. The Bertz CT molecular complexity index is 461. The molecule has 17 heavy (non-hydrogen) atoms. The molecule has 1 aromatic heterocycles. The first-order chi connectivity index (χ1) is 8.04. The number of aliphatic hydroxyl groups excluding tert-OH is 2. The molecule has 0 radical (unpaired) electrons. The van der Waals surface area contributed by atoms with Gasteiger partial charge < -0.3 is 20.7 Å². The van der Waals surface area contributed by atoms with Gasteiger partial charge in [-0.2, -0.15) is 4.98 Å². The van der Waals surface area contributed by atoms with Gasteiger partial charge in [-0.25, -0.2) is 4.79 Å². The molecule has 94 valence electrons. The quantitative estimate of drug-likeness (QED) is 0.594. The van der Waals surface area contributed by atoms with Crippen LogP contribution in [0.5, 0.6) is 0 Å². The lowest BCUT2D eigenvalue weighted by Crippen LogP contribution is -2.30. The van der Waals surface area contributed by atoms with Crippen molar-refractivity contribution in [1.29, 1.82) is 0 Å². The van der Waals surface area contributed by atoms with Crippen molar-refractivity contribution in [3.8, 4) is 0 Å². The van der Waals surface area contributed by atoms with Crippen molar-refractivity contribution in [1.82, 2.24) is 9.55 Å². The Balaban J connectivity index is 2.32. The predicted octanol–water partition coefficient (Wildman–Crippen LogP) is -1.29. The number of nitrogen functional groups attached to an aromatic ring is 1. The van der Waals surface area contributed by atoms with Crippen molar-refractivity contribution < 1.29 is 14.9 Å². The molecule has 1 saturated heterocycles.